The van der Waals surface area contributed by atoms with Crippen molar-refractivity contribution in [1.82, 2.24) is 14.5 Å². The molecule has 6 atom stereocenters. The minimum absolute atomic E-state index is 0.206. The van der Waals surface area contributed by atoms with Gasteiger partial charge in [-0.05, 0) is 124 Å². The van der Waals surface area contributed by atoms with Crippen LogP contribution in [0, 0.1) is 17.8 Å². The Labute approximate surface area is 309 Å². The number of rotatable bonds is 3. The Balaban J connectivity index is 1.26. The number of nitrogens with one attached hydrogen (secondary N) is 1. The quantitative estimate of drug-likeness (QED) is 0.368. The third kappa shape index (κ3) is 7.86. The van der Waals surface area contributed by atoms with Crippen LogP contribution in [-0.4, -0.2) is 93.9 Å². The number of methoxy groups -OCH3 is 1. The van der Waals surface area contributed by atoms with Gasteiger partial charge in [-0.25, -0.2) is 13.1 Å². The van der Waals surface area contributed by atoms with Gasteiger partial charge in [0, 0.05) is 63.0 Å². The number of hydrogen-bond donors (Lipinski definition) is 1. The number of anilines is 1. The second-order valence-electron chi connectivity index (χ2n) is 15.8. The van der Waals surface area contributed by atoms with Crippen LogP contribution >= 0.6 is 11.6 Å². The summed E-state index contributed by atoms with van der Waals surface area (Å²) in [5.41, 5.74) is 2.93. The van der Waals surface area contributed by atoms with Gasteiger partial charge in [-0.15, -0.1) is 0 Å². The molecule has 11 heteroatoms. The molecule has 0 radical (unpaired) electrons. The molecule has 2 aromatic carbocycles. The Hall–Kier alpha value is -2.63. The SMILES string of the molecule is CO[C@]1(CN2CCN3CCC[C@@H]3C2)/C=C/C[C@H](C)[C@@H](C)S(=O)(=O)NC(=O)c2ccc3c(c2)N(CCCCc2cc(Cl)ccc2CO3)C[C@@H]2CC[C@H]21. The number of allylic oxidation sites excluding steroid dienone is 1. The monoisotopic (exact) mass is 738 g/mol. The zero-order valence-corrected chi connectivity index (χ0v) is 32.1. The van der Waals surface area contributed by atoms with Crippen LogP contribution in [0.5, 0.6) is 5.75 Å². The number of carbonyl (C=O) groups excluding carboxylic acids is 1. The van der Waals surface area contributed by atoms with Gasteiger partial charge in [0.05, 0.1) is 10.9 Å². The highest BCUT2D eigenvalue weighted by molar-refractivity contribution is 7.90. The van der Waals surface area contributed by atoms with Crippen LogP contribution in [0.1, 0.15) is 80.3 Å². The van der Waals surface area contributed by atoms with E-state index < -0.39 is 26.8 Å². The molecule has 9 nitrogen and oxygen atoms in total. The van der Waals surface area contributed by atoms with E-state index in [1.165, 1.54) is 24.9 Å². The van der Waals surface area contributed by atoms with Crippen molar-refractivity contribution in [2.75, 3.05) is 57.8 Å². The van der Waals surface area contributed by atoms with E-state index in [2.05, 4.69) is 31.6 Å². The van der Waals surface area contributed by atoms with Gasteiger partial charge in [0.15, 0.2) is 0 Å². The zero-order chi connectivity index (χ0) is 35.8. The van der Waals surface area contributed by atoms with Gasteiger partial charge in [-0.1, -0.05) is 36.7 Å². The minimum atomic E-state index is -3.94. The first-order valence-corrected chi connectivity index (χ1v) is 21.0. The fraction of sp³-hybridized carbons (Fsp3) is 0.625. The second-order valence-corrected chi connectivity index (χ2v) is 18.2. The van der Waals surface area contributed by atoms with Crippen LogP contribution in [0.2, 0.25) is 5.02 Å². The van der Waals surface area contributed by atoms with Crippen LogP contribution in [0.15, 0.2) is 48.6 Å². The van der Waals surface area contributed by atoms with Crippen molar-refractivity contribution in [3.63, 3.8) is 0 Å². The van der Waals surface area contributed by atoms with E-state index in [0.717, 1.165) is 87.6 Å². The highest BCUT2D eigenvalue weighted by atomic mass is 35.5. The molecule has 3 fully saturated rings. The smallest absolute Gasteiger partial charge is 0.264 e. The van der Waals surface area contributed by atoms with E-state index in [9.17, 15) is 13.2 Å². The second kappa shape index (κ2) is 15.4. The molecule has 4 heterocycles. The number of benzene rings is 2. The molecule has 2 saturated heterocycles. The van der Waals surface area contributed by atoms with Crippen molar-refractivity contribution < 1.29 is 22.7 Å². The van der Waals surface area contributed by atoms with Gasteiger partial charge in [0.1, 0.15) is 18.0 Å². The molecule has 1 saturated carbocycles. The number of piperazine rings is 1. The molecule has 2 bridgehead atoms. The van der Waals surface area contributed by atoms with Gasteiger partial charge in [0.2, 0.25) is 10.0 Å². The molecule has 0 unspecified atom stereocenters. The number of ether oxygens (including phenoxy) is 2. The lowest BCUT2D eigenvalue weighted by Gasteiger charge is -2.52. The third-order valence-corrected chi connectivity index (χ3v) is 14.8. The highest BCUT2D eigenvalue weighted by Gasteiger charge is 2.49. The summed E-state index contributed by atoms with van der Waals surface area (Å²) in [6, 6.07) is 11.9. The summed E-state index contributed by atoms with van der Waals surface area (Å²) in [7, 11) is -2.08. The van der Waals surface area contributed by atoms with Crippen molar-refractivity contribution in [2.45, 2.75) is 88.7 Å². The van der Waals surface area contributed by atoms with Crippen molar-refractivity contribution in [3.8, 4) is 5.75 Å². The Morgan fingerprint density at radius 2 is 1.84 bits per heavy atom. The number of aryl methyl sites for hydroxylation is 1. The molecule has 278 valence electrons. The Morgan fingerprint density at radius 1 is 0.980 bits per heavy atom. The van der Waals surface area contributed by atoms with Gasteiger partial charge < -0.3 is 14.4 Å². The van der Waals surface area contributed by atoms with Crippen molar-refractivity contribution in [2.24, 2.45) is 17.8 Å². The highest BCUT2D eigenvalue weighted by Crippen LogP contribution is 2.47. The van der Waals surface area contributed by atoms with E-state index >= 15 is 0 Å². The molecule has 0 aromatic heterocycles. The number of sulfonamides is 1. The van der Waals surface area contributed by atoms with Crippen LogP contribution in [0.4, 0.5) is 5.69 Å². The Bertz CT molecular complexity index is 1720. The first-order chi connectivity index (χ1) is 24.5. The number of fused-ring (bicyclic) bond motifs is 4. The molecular formula is C40H55ClN4O5S. The first kappa shape index (κ1) is 36.7. The van der Waals surface area contributed by atoms with Crippen molar-refractivity contribution >= 4 is 33.2 Å². The maximum Gasteiger partial charge on any atom is 0.264 e. The van der Waals surface area contributed by atoms with Crippen LogP contribution in [-0.2, 0) is 27.8 Å². The predicted octanol–water partition coefficient (Wildman–Crippen LogP) is 6.30. The number of amides is 1. The maximum atomic E-state index is 13.6. The molecule has 2 aromatic rings. The number of nitrogens with zero attached hydrogens (tertiary/aromatic N) is 3. The molecule has 5 aliphatic rings. The zero-order valence-electron chi connectivity index (χ0n) is 30.5. The Morgan fingerprint density at radius 3 is 2.65 bits per heavy atom. The summed E-state index contributed by atoms with van der Waals surface area (Å²) in [5, 5.41) is -0.0441. The Kier molecular flexibility index (Phi) is 11.1. The van der Waals surface area contributed by atoms with E-state index in [-0.39, 0.29) is 5.92 Å². The van der Waals surface area contributed by atoms with Gasteiger partial charge >= 0.3 is 0 Å². The van der Waals surface area contributed by atoms with Crippen LogP contribution in [0.3, 0.4) is 0 Å². The number of hydrogen-bond acceptors (Lipinski definition) is 8. The maximum absolute atomic E-state index is 13.6. The van der Waals surface area contributed by atoms with Gasteiger partial charge in [-0.2, -0.15) is 0 Å². The summed E-state index contributed by atoms with van der Waals surface area (Å²) in [6.45, 7) is 10.8. The van der Waals surface area contributed by atoms with Crippen molar-refractivity contribution in [1.29, 1.82) is 0 Å². The summed E-state index contributed by atoms with van der Waals surface area (Å²) in [5.74, 6) is 0.533. The van der Waals surface area contributed by atoms with Crippen LogP contribution in [0.25, 0.3) is 0 Å². The lowest BCUT2D eigenvalue weighted by molar-refractivity contribution is -0.0973. The number of carbonyl (C=O) groups is 1. The summed E-state index contributed by atoms with van der Waals surface area (Å²) >= 11 is 6.40. The van der Waals surface area contributed by atoms with Gasteiger partial charge in [0.25, 0.3) is 5.91 Å². The molecule has 51 heavy (non-hydrogen) atoms. The van der Waals surface area contributed by atoms with E-state index in [4.69, 9.17) is 21.1 Å². The molecule has 0 spiro atoms. The summed E-state index contributed by atoms with van der Waals surface area (Å²) in [6.07, 6.45) is 12.6. The summed E-state index contributed by atoms with van der Waals surface area (Å²) < 4.78 is 42.8. The largest absolute Gasteiger partial charge is 0.487 e. The van der Waals surface area contributed by atoms with Crippen molar-refractivity contribution in [3.05, 3.63) is 70.3 Å². The minimum Gasteiger partial charge on any atom is -0.487 e. The predicted molar refractivity (Wildman–Crippen MR) is 203 cm³/mol. The molecule has 1 amide bonds. The molecule has 4 aliphatic heterocycles. The van der Waals surface area contributed by atoms with E-state index in [1.54, 1.807) is 13.0 Å². The average molecular weight is 739 g/mol. The topological polar surface area (TPSA) is 91.4 Å². The fourth-order valence-electron chi connectivity index (χ4n) is 9.18. The van der Waals surface area contributed by atoms with Gasteiger partial charge in [-0.3, -0.25) is 14.6 Å². The van der Waals surface area contributed by atoms with E-state index in [1.807, 2.05) is 44.4 Å². The first-order valence-electron chi connectivity index (χ1n) is 19.1. The lowest BCUT2D eigenvalue weighted by atomic mass is 9.63. The molecular weight excluding hydrogens is 684 g/mol. The van der Waals surface area contributed by atoms with E-state index in [0.29, 0.717) is 42.2 Å². The molecule has 1 N–H and O–H groups in total. The standard InChI is InChI=1S/C40H55ClN4O5S/c1-28-8-6-17-40(49-3,27-43-20-21-44-19-7-10-35(44)25-43)36-15-12-32(36)24-45-18-5-4-9-30-22-34(41)14-11-33(30)26-50-38-16-13-31(23-37(38)45)39(46)42-51(47,48)29(28)2/h6,11,13-14,16-17,22-23,28-29,32,35-36H,4-5,7-10,12,15,18-21,24-27H2,1-3H3,(H,42,46)/b17-6+/t28-,29+,32-,35+,36+,40-/m0/s1. The molecule has 7 rings (SSSR count). The normalized spacial score (nSPS) is 32.6. The third-order valence-electron chi connectivity index (χ3n) is 12.7. The lowest BCUT2D eigenvalue weighted by Crippen LogP contribution is -2.59. The molecule has 1 aliphatic carbocycles. The summed E-state index contributed by atoms with van der Waals surface area (Å²) in [4.78, 5) is 21.3. The van der Waals surface area contributed by atoms with Crippen LogP contribution < -0.4 is 14.4 Å². The average Bonchev–Trinajstić information content (AvgIpc) is 3.56. The fourth-order valence-corrected chi connectivity index (χ4v) is 10.7. The number of halogens is 1.